The molecule has 1 aliphatic rings. The van der Waals surface area contributed by atoms with Gasteiger partial charge in [0.25, 0.3) is 5.91 Å². The fourth-order valence-electron chi connectivity index (χ4n) is 2.16. The van der Waals surface area contributed by atoms with Crippen LogP contribution in [-0.2, 0) is 9.53 Å². The summed E-state index contributed by atoms with van der Waals surface area (Å²) in [6, 6.07) is 7.21. The van der Waals surface area contributed by atoms with Crippen molar-refractivity contribution in [3.05, 3.63) is 53.1 Å². The number of benzene rings is 1. The van der Waals surface area contributed by atoms with Gasteiger partial charge in [-0.15, -0.1) is 0 Å². The topological polar surface area (TPSA) is 55.4 Å². The number of amides is 1. The van der Waals surface area contributed by atoms with Crippen LogP contribution in [-0.4, -0.2) is 18.5 Å². The van der Waals surface area contributed by atoms with Gasteiger partial charge in [0.05, 0.1) is 17.9 Å². The highest BCUT2D eigenvalue weighted by atomic mass is 16.5. The predicted octanol–water partition coefficient (Wildman–Crippen LogP) is 3.31. The lowest BCUT2D eigenvalue weighted by Gasteiger charge is -2.13. The van der Waals surface area contributed by atoms with Crippen molar-refractivity contribution >= 4 is 17.6 Å². The molecule has 4 nitrogen and oxygen atoms in total. The summed E-state index contributed by atoms with van der Waals surface area (Å²) in [5.74, 6) is -0.633. The van der Waals surface area contributed by atoms with E-state index in [1.54, 1.807) is 25.1 Å². The van der Waals surface area contributed by atoms with Gasteiger partial charge in [-0.3, -0.25) is 4.79 Å². The first kappa shape index (κ1) is 16.0. The number of esters is 1. The van der Waals surface area contributed by atoms with Crippen molar-refractivity contribution in [3.8, 4) is 0 Å². The number of ether oxygens (including phenoxy) is 1. The van der Waals surface area contributed by atoms with Gasteiger partial charge >= 0.3 is 5.97 Å². The fraction of sp³-hybridized carbons (Fsp3) is 0.333. The standard InChI is InChI=1S/C18H21NO3/c1-5-22-17(21)14(10-11-18(2,3)4)15-12-8-6-7-9-13(12)16(20)19-15/h6-11H,5H2,1-4H3,(H,19,20)/b11-10+,15-14-. The molecule has 0 atom stereocenters. The SMILES string of the molecule is CCOC(=O)C(/C=C/C(C)(C)C)=C1\NC(=O)c2ccccc21. The molecule has 2 rings (SSSR count). The van der Waals surface area contributed by atoms with E-state index in [1.807, 2.05) is 39.0 Å². The Hall–Kier alpha value is -2.36. The minimum absolute atomic E-state index is 0.0829. The molecule has 1 aromatic rings. The minimum Gasteiger partial charge on any atom is -0.462 e. The Morgan fingerprint density at radius 2 is 1.86 bits per heavy atom. The third kappa shape index (κ3) is 3.45. The Morgan fingerprint density at radius 3 is 2.45 bits per heavy atom. The second kappa shape index (κ2) is 6.18. The molecule has 0 aromatic heterocycles. The van der Waals surface area contributed by atoms with E-state index < -0.39 is 5.97 Å². The summed E-state index contributed by atoms with van der Waals surface area (Å²) in [5.41, 5.74) is 2.10. The normalized spacial score (nSPS) is 16.5. The molecule has 0 saturated carbocycles. The zero-order valence-corrected chi connectivity index (χ0v) is 13.4. The van der Waals surface area contributed by atoms with Gasteiger partial charge in [0, 0.05) is 11.1 Å². The minimum atomic E-state index is -0.435. The molecule has 1 heterocycles. The summed E-state index contributed by atoms with van der Waals surface area (Å²) in [4.78, 5) is 24.3. The number of nitrogens with one attached hydrogen (secondary N) is 1. The molecule has 1 aliphatic heterocycles. The molecule has 0 spiro atoms. The van der Waals surface area contributed by atoms with Crippen molar-refractivity contribution in [2.75, 3.05) is 6.61 Å². The fourth-order valence-corrected chi connectivity index (χ4v) is 2.16. The third-order valence-corrected chi connectivity index (χ3v) is 3.19. The van der Waals surface area contributed by atoms with Crippen molar-refractivity contribution in [1.29, 1.82) is 0 Å². The van der Waals surface area contributed by atoms with E-state index in [-0.39, 0.29) is 17.9 Å². The molecule has 116 valence electrons. The van der Waals surface area contributed by atoms with Crippen LogP contribution in [0.25, 0.3) is 5.70 Å². The van der Waals surface area contributed by atoms with E-state index in [4.69, 9.17) is 4.74 Å². The van der Waals surface area contributed by atoms with Gasteiger partial charge in [-0.05, 0) is 24.5 Å². The van der Waals surface area contributed by atoms with Gasteiger partial charge < -0.3 is 10.1 Å². The maximum Gasteiger partial charge on any atom is 0.340 e. The van der Waals surface area contributed by atoms with E-state index in [0.29, 0.717) is 16.8 Å². The first-order valence-corrected chi connectivity index (χ1v) is 7.35. The number of rotatable bonds is 3. The molecule has 1 N–H and O–H groups in total. The molecule has 0 unspecified atom stereocenters. The average molecular weight is 299 g/mol. The van der Waals surface area contributed by atoms with Crippen LogP contribution in [0.3, 0.4) is 0 Å². The Morgan fingerprint density at radius 1 is 1.23 bits per heavy atom. The number of hydrogen-bond donors (Lipinski definition) is 1. The van der Waals surface area contributed by atoms with Gasteiger partial charge in [-0.1, -0.05) is 45.0 Å². The van der Waals surface area contributed by atoms with E-state index >= 15 is 0 Å². The summed E-state index contributed by atoms with van der Waals surface area (Å²) in [6.07, 6.45) is 3.66. The first-order chi connectivity index (χ1) is 10.3. The van der Waals surface area contributed by atoms with Crippen LogP contribution in [0.15, 0.2) is 42.0 Å². The number of hydrogen-bond acceptors (Lipinski definition) is 3. The van der Waals surface area contributed by atoms with Crippen molar-refractivity contribution in [3.63, 3.8) is 0 Å². The van der Waals surface area contributed by atoms with E-state index in [2.05, 4.69) is 5.32 Å². The van der Waals surface area contributed by atoms with E-state index in [0.717, 1.165) is 5.56 Å². The van der Waals surface area contributed by atoms with Crippen molar-refractivity contribution in [2.24, 2.45) is 5.41 Å². The largest absolute Gasteiger partial charge is 0.462 e. The monoisotopic (exact) mass is 299 g/mol. The summed E-state index contributed by atoms with van der Waals surface area (Å²) in [5, 5.41) is 2.78. The molecule has 1 aromatic carbocycles. The highest BCUT2D eigenvalue weighted by Gasteiger charge is 2.28. The van der Waals surface area contributed by atoms with Crippen LogP contribution >= 0.6 is 0 Å². The lowest BCUT2D eigenvalue weighted by Crippen LogP contribution is -2.17. The van der Waals surface area contributed by atoms with Gasteiger partial charge in [0.15, 0.2) is 0 Å². The van der Waals surface area contributed by atoms with Crippen LogP contribution in [0.5, 0.6) is 0 Å². The Labute approximate surface area is 130 Å². The molecular weight excluding hydrogens is 278 g/mol. The molecule has 22 heavy (non-hydrogen) atoms. The molecule has 0 aliphatic carbocycles. The van der Waals surface area contributed by atoms with E-state index in [1.165, 1.54) is 0 Å². The smallest absolute Gasteiger partial charge is 0.340 e. The second-order valence-electron chi connectivity index (χ2n) is 6.21. The number of allylic oxidation sites excluding steroid dienone is 1. The van der Waals surface area contributed by atoms with Gasteiger partial charge in [0.1, 0.15) is 0 Å². The van der Waals surface area contributed by atoms with Crippen LogP contribution in [0.4, 0.5) is 0 Å². The average Bonchev–Trinajstić information content (AvgIpc) is 2.76. The zero-order chi connectivity index (χ0) is 16.3. The summed E-state index contributed by atoms with van der Waals surface area (Å²) in [6.45, 7) is 8.16. The van der Waals surface area contributed by atoms with Crippen molar-refractivity contribution in [2.45, 2.75) is 27.7 Å². The lowest BCUT2D eigenvalue weighted by atomic mass is 9.94. The van der Waals surface area contributed by atoms with Gasteiger partial charge in [-0.25, -0.2) is 4.79 Å². The molecular formula is C18H21NO3. The Balaban J connectivity index is 2.56. The van der Waals surface area contributed by atoms with Crippen molar-refractivity contribution in [1.82, 2.24) is 5.32 Å². The molecule has 0 fully saturated rings. The Bertz CT molecular complexity index is 663. The summed E-state index contributed by atoms with van der Waals surface area (Å²) in [7, 11) is 0. The summed E-state index contributed by atoms with van der Waals surface area (Å²) >= 11 is 0. The number of carbonyl (C=O) groups is 2. The maximum absolute atomic E-state index is 12.3. The highest BCUT2D eigenvalue weighted by Crippen LogP contribution is 2.28. The molecule has 0 bridgehead atoms. The molecule has 4 heteroatoms. The van der Waals surface area contributed by atoms with Gasteiger partial charge in [0.2, 0.25) is 0 Å². The third-order valence-electron chi connectivity index (χ3n) is 3.19. The first-order valence-electron chi connectivity index (χ1n) is 7.35. The second-order valence-corrected chi connectivity index (χ2v) is 6.21. The van der Waals surface area contributed by atoms with E-state index in [9.17, 15) is 9.59 Å². The zero-order valence-electron chi connectivity index (χ0n) is 13.4. The van der Waals surface area contributed by atoms with Crippen LogP contribution in [0.2, 0.25) is 0 Å². The highest BCUT2D eigenvalue weighted by molar-refractivity contribution is 6.14. The predicted molar refractivity (Wildman–Crippen MR) is 86.1 cm³/mol. The molecule has 1 amide bonds. The van der Waals surface area contributed by atoms with Crippen molar-refractivity contribution < 1.29 is 14.3 Å². The quantitative estimate of drug-likeness (QED) is 0.688. The van der Waals surface area contributed by atoms with Crippen LogP contribution in [0, 0.1) is 5.41 Å². The number of fused-ring (bicyclic) bond motifs is 1. The van der Waals surface area contributed by atoms with Crippen LogP contribution < -0.4 is 5.32 Å². The maximum atomic E-state index is 12.3. The van der Waals surface area contributed by atoms with Crippen LogP contribution in [0.1, 0.15) is 43.6 Å². The van der Waals surface area contributed by atoms with Gasteiger partial charge in [-0.2, -0.15) is 0 Å². The summed E-state index contributed by atoms with van der Waals surface area (Å²) < 4.78 is 5.13. The number of carbonyl (C=O) groups excluding carboxylic acids is 2. The molecule has 0 radical (unpaired) electrons. The lowest BCUT2D eigenvalue weighted by molar-refractivity contribution is -0.138. The molecule has 0 saturated heterocycles. The Kier molecular flexibility index (Phi) is 4.50.